The van der Waals surface area contributed by atoms with E-state index in [4.69, 9.17) is 5.73 Å². The Hall–Kier alpha value is -2.43. The third-order valence-corrected chi connectivity index (χ3v) is 2.62. The van der Waals surface area contributed by atoms with E-state index in [0.717, 1.165) is 18.1 Å². The van der Waals surface area contributed by atoms with Gasteiger partial charge in [0.2, 0.25) is 0 Å². The number of amides is 1. The van der Waals surface area contributed by atoms with Crippen molar-refractivity contribution < 1.29 is 4.79 Å². The van der Waals surface area contributed by atoms with Gasteiger partial charge in [0.15, 0.2) is 0 Å². The number of nitrogens with zero attached hydrogens (tertiary/aromatic N) is 2. The van der Waals surface area contributed by atoms with Crippen molar-refractivity contribution in [2.45, 2.75) is 13.0 Å². The van der Waals surface area contributed by atoms with E-state index in [2.05, 4.69) is 4.98 Å². The summed E-state index contributed by atoms with van der Waals surface area (Å²) in [6.07, 6.45) is 2.09. The van der Waals surface area contributed by atoms with Crippen molar-refractivity contribution in [1.29, 1.82) is 0 Å². The maximum absolute atomic E-state index is 11.7. The molecule has 0 radical (unpaired) electrons. The van der Waals surface area contributed by atoms with E-state index < -0.39 is 5.91 Å². The molecule has 5 nitrogen and oxygen atoms in total. The van der Waals surface area contributed by atoms with Crippen LogP contribution in [0.15, 0.2) is 47.5 Å². The van der Waals surface area contributed by atoms with Crippen LogP contribution in [0.3, 0.4) is 0 Å². The smallest absolute Gasteiger partial charge is 0.267 e. The average molecular weight is 243 g/mol. The number of carbonyl (C=O) groups excluding carboxylic acids is 1. The molecular weight excluding hydrogens is 230 g/mol. The van der Waals surface area contributed by atoms with Crippen LogP contribution in [-0.2, 0) is 13.0 Å². The SMILES string of the molecule is NC(=O)c1cc(=O)n(CCc2ccccc2)cn1. The minimum Gasteiger partial charge on any atom is -0.364 e. The Morgan fingerprint density at radius 3 is 2.61 bits per heavy atom. The molecule has 0 aliphatic carbocycles. The Kier molecular flexibility index (Phi) is 3.52. The number of aromatic nitrogens is 2. The number of hydrogen-bond donors (Lipinski definition) is 1. The number of hydrogen-bond acceptors (Lipinski definition) is 3. The molecule has 0 atom stereocenters. The second-order valence-corrected chi connectivity index (χ2v) is 3.91. The van der Waals surface area contributed by atoms with Crippen molar-refractivity contribution in [3.8, 4) is 0 Å². The summed E-state index contributed by atoms with van der Waals surface area (Å²) in [6.45, 7) is 0.523. The van der Waals surface area contributed by atoms with E-state index >= 15 is 0 Å². The lowest BCUT2D eigenvalue weighted by Crippen LogP contribution is -2.24. The quantitative estimate of drug-likeness (QED) is 0.853. The zero-order valence-electron chi connectivity index (χ0n) is 9.74. The predicted molar refractivity (Wildman–Crippen MR) is 67.2 cm³/mol. The predicted octanol–water partition coefficient (Wildman–Crippen LogP) is 0.585. The highest BCUT2D eigenvalue weighted by atomic mass is 16.1. The summed E-state index contributed by atoms with van der Waals surface area (Å²) < 4.78 is 1.46. The van der Waals surface area contributed by atoms with E-state index in [1.807, 2.05) is 30.3 Å². The van der Waals surface area contributed by atoms with Crippen molar-refractivity contribution in [3.63, 3.8) is 0 Å². The van der Waals surface area contributed by atoms with Crippen LogP contribution in [0.2, 0.25) is 0 Å². The highest BCUT2D eigenvalue weighted by Gasteiger charge is 2.04. The molecule has 0 saturated heterocycles. The fourth-order valence-electron chi connectivity index (χ4n) is 1.62. The first kappa shape index (κ1) is 12.0. The number of carbonyl (C=O) groups is 1. The van der Waals surface area contributed by atoms with Gasteiger partial charge >= 0.3 is 0 Å². The zero-order valence-corrected chi connectivity index (χ0v) is 9.74. The fourth-order valence-corrected chi connectivity index (χ4v) is 1.62. The van der Waals surface area contributed by atoms with E-state index in [0.29, 0.717) is 6.54 Å². The molecule has 0 aliphatic heterocycles. The highest BCUT2D eigenvalue weighted by Crippen LogP contribution is 2.00. The summed E-state index contributed by atoms with van der Waals surface area (Å²) in [7, 11) is 0. The standard InChI is InChI=1S/C13H13N3O2/c14-13(18)11-8-12(17)16(9-15-11)7-6-10-4-2-1-3-5-10/h1-5,8-9H,6-7H2,(H2,14,18). The molecule has 0 spiro atoms. The van der Waals surface area contributed by atoms with Crippen molar-refractivity contribution in [2.75, 3.05) is 0 Å². The molecule has 18 heavy (non-hydrogen) atoms. The van der Waals surface area contributed by atoms with Gasteiger partial charge in [-0.2, -0.15) is 0 Å². The van der Waals surface area contributed by atoms with Crippen LogP contribution >= 0.6 is 0 Å². The Balaban J connectivity index is 2.11. The van der Waals surface area contributed by atoms with Gasteiger partial charge in [-0.15, -0.1) is 0 Å². The topological polar surface area (TPSA) is 78.0 Å². The Bertz CT molecular complexity index is 605. The summed E-state index contributed by atoms with van der Waals surface area (Å²) in [6, 6.07) is 11.0. The summed E-state index contributed by atoms with van der Waals surface area (Å²) >= 11 is 0. The fraction of sp³-hybridized carbons (Fsp3) is 0.154. The van der Waals surface area contributed by atoms with Crippen molar-refractivity contribution in [1.82, 2.24) is 9.55 Å². The molecular formula is C13H13N3O2. The molecule has 2 aromatic rings. The maximum atomic E-state index is 11.7. The van der Waals surface area contributed by atoms with E-state index in [1.54, 1.807) is 0 Å². The summed E-state index contributed by atoms with van der Waals surface area (Å²) in [5.74, 6) is -0.692. The molecule has 0 fully saturated rings. The lowest BCUT2D eigenvalue weighted by atomic mass is 10.1. The number of benzene rings is 1. The molecule has 0 aliphatic rings. The molecule has 1 aromatic heterocycles. The van der Waals surface area contributed by atoms with Crippen LogP contribution < -0.4 is 11.3 Å². The lowest BCUT2D eigenvalue weighted by Gasteiger charge is -2.05. The Morgan fingerprint density at radius 2 is 2.00 bits per heavy atom. The molecule has 92 valence electrons. The van der Waals surface area contributed by atoms with E-state index in [9.17, 15) is 9.59 Å². The summed E-state index contributed by atoms with van der Waals surface area (Å²) in [5.41, 5.74) is 5.92. The van der Waals surface area contributed by atoms with E-state index in [-0.39, 0.29) is 11.3 Å². The van der Waals surface area contributed by atoms with Gasteiger partial charge in [-0.05, 0) is 12.0 Å². The first-order valence-corrected chi connectivity index (χ1v) is 5.57. The monoisotopic (exact) mass is 243 g/mol. The second-order valence-electron chi connectivity index (χ2n) is 3.91. The highest BCUT2D eigenvalue weighted by molar-refractivity contribution is 5.90. The van der Waals surface area contributed by atoms with Gasteiger partial charge in [0.05, 0.1) is 6.33 Å². The molecule has 1 amide bonds. The molecule has 0 saturated carbocycles. The molecule has 2 rings (SSSR count). The second kappa shape index (κ2) is 5.27. The van der Waals surface area contributed by atoms with Gasteiger partial charge in [0, 0.05) is 12.6 Å². The number of aryl methyl sites for hydroxylation is 2. The minimum absolute atomic E-state index is 0.00374. The van der Waals surface area contributed by atoms with Crippen molar-refractivity contribution in [3.05, 3.63) is 64.3 Å². The minimum atomic E-state index is -0.692. The number of nitrogens with two attached hydrogens (primary N) is 1. The van der Waals surface area contributed by atoms with Crippen molar-refractivity contribution in [2.24, 2.45) is 5.73 Å². The number of rotatable bonds is 4. The van der Waals surface area contributed by atoms with Gasteiger partial charge in [-0.1, -0.05) is 30.3 Å². The van der Waals surface area contributed by atoms with Crippen LogP contribution in [0, 0.1) is 0 Å². The van der Waals surface area contributed by atoms with Crippen LogP contribution in [0.4, 0.5) is 0 Å². The maximum Gasteiger partial charge on any atom is 0.267 e. The third-order valence-electron chi connectivity index (χ3n) is 2.62. The van der Waals surface area contributed by atoms with Crippen LogP contribution in [-0.4, -0.2) is 15.5 Å². The van der Waals surface area contributed by atoms with E-state index in [1.165, 1.54) is 10.9 Å². The van der Waals surface area contributed by atoms with Crippen LogP contribution in [0.5, 0.6) is 0 Å². The first-order chi connectivity index (χ1) is 8.66. The van der Waals surface area contributed by atoms with Crippen molar-refractivity contribution >= 4 is 5.91 Å². The average Bonchev–Trinajstić information content (AvgIpc) is 2.38. The normalized spacial score (nSPS) is 10.2. The van der Waals surface area contributed by atoms with Gasteiger partial charge < -0.3 is 5.73 Å². The molecule has 0 unspecified atom stereocenters. The molecule has 5 heteroatoms. The lowest BCUT2D eigenvalue weighted by molar-refractivity contribution is 0.0995. The van der Waals surface area contributed by atoms with Gasteiger partial charge in [0.1, 0.15) is 5.69 Å². The van der Waals surface area contributed by atoms with Gasteiger partial charge in [-0.25, -0.2) is 4.98 Å². The summed E-state index contributed by atoms with van der Waals surface area (Å²) in [4.78, 5) is 26.4. The van der Waals surface area contributed by atoms with Gasteiger partial charge in [0.25, 0.3) is 11.5 Å². The molecule has 0 bridgehead atoms. The molecule has 1 aromatic carbocycles. The number of primary amides is 1. The van der Waals surface area contributed by atoms with Crippen LogP contribution in [0.25, 0.3) is 0 Å². The van der Waals surface area contributed by atoms with Gasteiger partial charge in [-0.3, -0.25) is 14.2 Å². The Labute approximate surface area is 104 Å². The first-order valence-electron chi connectivity index (χ1n) is 5.57. The zero-order chi connectivity index (χ0) is 13.0. The van der Waals surface area contributed by atoms with Crippen LogP contribution in [0.1, 0.15) is 16.1 Å². The molecule has 1 heterocycles. The largest absolute Gasteiger partial charge is 0.364 e. The Morgan fingerprint density at radius 1 is 1.28 bits per heavy atom. The summed E-state index contributed by atoms with van der Waals surface area (Å²) in [5, 5.41) is 0. The third kappa shape index (κ3) is 2.82. The molecule has 2 N–H and O–H groups in total.